The van der Waals surface area contributed by atoms with Crippen molar-refractivity contribution in [1.82, 2.24) is 20.2 Å². The molecular formula is C14H17N5O2. The van der Waals surface area contributed by atoms with Gasteiger partial charge < -0.3 is 10.2 Å². The van der Waals surface area contributed by atoms with E-state index in [-0.39, 0.29) is 11.9 Å². The molecule has 7 heteroatoms. The van der Waals surface area contributed by atoms with Crippen molar-refractivity contribution in [3.05, 3.63) is 35.3 Å². The molecule has 0 radical (unpaired) electrons. The van der Waals surface area contributed by atoms with E-state index in [4.69, 9.17) is 4.63 Å². The Hall–Kier alpha value is -2.44. The second kappa shape index (κ2) is 5.51. The first-order chi connectivity index (χ1) is 10.2. The van der Waals surface area contributed by atoms with Gasteiger partial charge in [-0.25, -0.2) is 9.61 Å². The Balaban J connectivity index is 1.88. The summed E-state index contributed by atoms with van der Waals surface area (Å²) in [5.74, 6) is 0.662. The maximum atomic E-state index is 12.7. The number of amides is 1. The number of nitrogens with one attached hydrogen (secondary N) is 1. The molecule has 2 aromatic heterocycles. The van der Waals surface area contributed by atoms with E-state index in [9.17, 15) is 4.79 Å². The van der Waals surface area contributed by atoms with Crippen LogP contribution in [0.2, 0.25) is 0 Å². The molecule has 7 nitrogen and oxygen atoms in total. The largest absolute Gasteiger partial charge is 0.373 e. The minimum atomic E-state index is -0.0602. The summed E-state index contributed by atoms with van der Waals surface area (Å²) in [6.45, 7) is 2.56. The summed E-state index contributed by atoms with van der Waals surface area (Å²) >= 11 is 0. The molecule has 21 heavy (non-hydrogen) atoms. The summed E-state index contributed by atoms with van der Waals surface area (Å²) in [7, 11) is 1.78. The zero-order valence-electron chi connectivity index (χ0n) is 12.0. The molecular weight excluding hydrogens is 270 g/mol. The van der Waals surface area contributed by atoms with Crippen molar-refractivity contribution in [3.63, 3.8) is 0 Å². The van der Waals surface area contributed by atoms with E-state index in [1.165, 1.54) is 0 Å². The van der Waals surface area contributed by atoms with E-state index in [1.807, 2.05) is 11.8 Å². The predicted molar refractivity (Wildman–Crippen MR) is 75.8 cm³/mol. The third-order valence-electron chi connectivity index (χ3n) is 3.78. The number of carbonyl (C=O) groups excluding carboxylic acids is 1. The van der Waals surface area contributed by atoms with Gasteiger partial charge in [0.2, 0.25) is 0 Å². The van der Waals surface area contributed by atoms with E-state index in [0.717, 1.165) is 24.2 Å². The standard InChI is InChI=1S/C14H17N5O2/c1-9-13(18-21-17-9)11-4-3-7-19(11)14(20)10-5-6-16-12(8-10)15-2/h5-6,8,11H,3-4,7H2,1-2H3,(H,15,16)/t11-/m1/s1. The smallest absolute Gasteiger partial charge is 0.254 e. The summed E-state index contributed by atoms with van der Waals surface area (Å²) in [5, 5.41) is 10.7. The molecule has 3 heterocycles. The number of carbonyl (C=O) groups is 1. The van der Waals surface area contributed by atoms with Gasteiger partial charge in [0.05, 0.1) is 6.04 Å². The molecule has 1 aliphatic rings. The topological polar surface area (TPSA) is 84.2 Å². The van der Waals surface area contributed by atoms with E-state index in [1.54, 1.807) is 25.4 Å². The highest BCUT2D eigenvalue weighted by Crippen LogP contribution is 2.33. The van der Waals surface area contributed by atoms with Gasteiger partial charge in [-0.2, -0.15) is 0 Å². The minimum Gasteiger partial charge on any atom is -0.373 e. The molecule has 1 fully saturated rings. The first kappa shape index (κ1) is 13.5. The van der Waals surface area contributed by atoms with Gasteiger partial charge in [-0.1, -0.05) is 10.3 Å². The number of aryl methyl sites for hydroxylation is 1. The van der Waals surface area contributed by atoms with Gasteiger partial charge in [-0.05, 0) is 31.9 Å². The molecule has 2 aromatic rings. The summed E-state index contributed by atoms with van der Waals surface area (Å²) in [4.78, 5) is 18.7. The number of hydrogen-bond donors (Lipinski definition) is 1. The first-order valence-electron chi connectivity index (χ1n) is 6.94. The highest BCUT2D eigenvalue weighted by atomic mass is 16.6. The fourth-order valence-corrected chi connectivity index (χ4v) is 2.70. The maximum Gasteiger partial charge on any atom is 0.254 e. The second-order valence-electron chi connectivity index (χ2n) is 5.07. The number of hydrogen-bond acceptors (Lipinski definition) is 6. The Kier molecular flexibility index (Phi) is 3.55. The molecule has 0 aliphatic carbocycles. The number of rotatable bonds is 3. The van der Waals surface area contributed by atoms with Crippen LogP contribution in [0.5, 0.6) is 0 Å². The number of likely N-dealkylation sites (tertiary alicyclic amines) is 1. The monoisotopic (exact) mass is 287 g/mol. The lowest BCUT2D eigenvalue weighted by Gasteiger charge is -2.23. The Morgan fingerprint density at radius 1 is 1.48 bits per heavy atom. The lowest BCUT2D eigenvalue weighted by atomic mass is 10.1. The highest BCUT2D eigenvalue weighted by molar-refractivity contribution is 5.95. The molecule has 1 atom stereocenters. The van der Waals surface area contributed by atoms with Crippen molar-refractivity contribution < 1.29 is 9.42 Å². The van der Waals surface area contributed by atoms with Gasteiger partial charge in [-0.15, -0.1) is 0 Å². The van der Waals surface area contributed by atoms with Crippen molar-refractivity contribution in [2.24, 2.45) is 0 Å². The Morgan fingerprint density at radius 2 is 2.33 bits per heavy atom. The number of anilines is 1. The molecule has 0 unspecified atom stereocenters. The fraction of sp³-hybridized carbons (Fsp3) is 0.429. The van der Waals surface area contributed by atoms with Crippen LogP contribution in [0.4, 0.5) is 5.82 Å². The molecule has 110 valence electrons. The second-order valence-corrected chi connectivity index (χ2v) is 5.07. The number of nitrogens with zero attached hydrogens (tertiary/aromatic N) is 4. The van der Waals surface area contributed by atoms with Crippen molar-refractivity contribution in [2.45, 2.75) is 25.8 Å². The molecule has 0 saturated carbocycles. The molecule has 1 amide bonds. The average molecular weight is 287 g/mol. The molecule has 0 bridgehead atoms. The Morgan fingerprint density at radius 3 is 3.05 bits per heavy atom. The fourth-order valence-electron chi connectivity index (χ4n) is 2.70. The average Bonchev–Trinajstić information content (AvgIpc) is 3.14. The summed E-state index contributed by atoms with van der Waals surface area (Å²) in [5.41, 5.74) is 2.12. The van der Waals surface area contributed by atoms with E-state index >= 15 is 0 Å². The lowest BCUT2D eigenvalue weighted by molar-refractivity contribution is 0.0730. The van der Waals surface area contributed by atoms with Crippen LogP contribution in [0.25, 0.3) is 0 Å². The van der Waals surface area contributed by atoms with Crippen molar-refractivity contribution in [2.75, 3.05) is 18.9 Å². The van der Waals surface area contributed by atoms with Crippen molar-refractivity contribution in [3.8, 4) is 0 Å². The molecule has 3 rings (SSSR count). The van der Waals surface area contributed by atoms with Crippen LogP contribution in [-0.2, 0) is 0 Å². The van der Waals surface area contributed by atoms with Gasteiger partial charge in [0.1, 0.15) is 17.2 Å². The van der Waals surface area contributed by atoms with E-state index < -0.39 is 0 Å². The van der Waals surface area contributed by atoms with Gasteiger partial charge in [0.15, 0.2) is 0 Å². The molecule has 1 aliphatic heterocycles. The third-order valence-corrected chi connectivity index (χ3v) is 3.78. The SMILES string of the molecule is CNc1cc(C(=O)N2CCC[C@@H]2c2nonc2C)ccn1. The lowest BCUT2D eigenvalue weighted by Crippen LogP contribution is -2.31. The highest BCUT2D eigenvalue weighted by Gasteiger charge is 2.34. The molecule has 1 N–H and O–H groups in total. The van der Waals surface area contributed by atoms with Gasteiger partial charge in [-0.3, -0.25) is 4.79 Å². The molecule has 0 aromatic carbocycles. The van der Waals surface area contributed by atoms with Gasteiger partial charge in [0.25, 0.3) is 5.91 Å². The van der Waals surface area contributed by atoms with Crippen LogP contribution >= 0.6 is 0 Å². The normalized spacial score (nSPS) is 18.0. The number of aromatic nitrogens is 3. The minimum absolute atomic E-state index is 0.0150. The maximum absolute atomic E-state index is 12.7. The van der Waals surface area contributed by atoms with Gasteiger partial charge in [0, 0.05) is 25.4 Å². The number of pyridine rings is 1. The van der Waals surface area contributed by atoms with Crippen LogP contribution in [0.15, 0.2) is 23.0 Å². The quantitative estimate of drug-likeness (QED) is 0.926. The van der Waals surface area contributed by atoms with Crippen LogP contribution < -0.4 is 5.32 Å². The van der Waals surface area contributed by atoms with Crippen LogP contribution in [-0.4, -0.2) is 39.7 Å². The first-order valence-corrected chi connectivity index (χ1v) is 6.94. The summed E-state index contributed by atoms with van der Waals surface area (Å²) < 4.78 is 4.77. The zero-order valence-corrected chi connectivity index (χ0v) is 12.0. The van der Waals surface area contributed by atoms with Crippen molar-refractivity contribution in [1.29, 1.82) is 0 Å². The van der Waals surface area contributed by atoms with Crippen molar-refractivity contribution >= 4 is 11.7 Å². The van der Waals surface area contributed by atoms with Crippen LogP contribution in [0.3, 0.4) is 0 Å². The third kappa shape index (κ3) is 2.46. The predicted octanol–water partition coefficient (Wildman–Crippen LogP) is 1.79. The Labute approximate surface area is 122 Å². The van der Waals surface area contributed by atoms with E-state index in [2.05, 4.69) is 20.6 Å². The van der Waals surface area contributed by atoms with E-state index in [0.29, 0.717) is 17.9 Å². The van der Waals surface area contributed by atoms with Gasteiger partial charge >= 0.3 is 0 Å². The Bertz CT molecular complexity index is 654. The zero-order chi connectivity index (χ0) is 14.8. The summed E-state index contributed by atoms with van der Waals surface area (Å²) in [6.07, 6.45) is 3.46. The summed E-state index contributed by atoms with van der Waals surface area (Å²) in [6, 6.07) is 3.42. The molecule has 1 saturated heterocycles. The van der Waals surface area contributed by atoms with Crippen LogP contribution in [0, 0.1) is 6.92 Å². The van der Waals surface area contributed by atoms with Crippen LogP contribution in [0.1, 0.15) is 40.6 Å². The molecule has 0 spiro atoms.